The van der Waals surface area contributed by atoms with Crippen LogP contribution >= 0.6 is 11.6 Å². The SMILES string of the molecule is CCOC(=O)C1CCN(C(=O)CN(C)C(=O)C(C)(C)Oc2ccc(Cl)cc2)CC1. The molecule has 1 heterocycles. The summed E-state index contributed by atoms with van der Waals surface area (Å²) in [6, 6.07) is 6.75. The first-order chi connectivity index (χ1) is 13.6. The molecule has 0 spiro atoms. The van der Waals surface area contributed by atoms with Crippen LogP contribution in [0.15, 0.2) is 24.3 Å². The topological polar surface area (TPSA) is 76.2 Å². The van der Waals surface area contributed by atoms with Crippen LogP contribution in [-0.4, -0.2) is 66.5 Å². The number of benzene rings is 1. The summed E-state index contributed by atoms with van der Waals surface area (Å²) < 4.78 is 10.9. The van der Waals surface area contributed by atoms with Crippen molar-refractivity contribution in [2.75, 3.05) is 33.3 Å². The summed E-state index contributed by atoms with van der Waals surface area (Å²) in [6.45, 7) is 6.38. The predicted molar refractivity (Wildman–Crippen MR) is 110 cm³/mol. The molecule has 0 aromatic heterocycles. The number of nitrogens with zero attached hydrogens (tertiary/aromatic N) is 2. The van der Waals surface area contributed by atoms with Crippen molar-refractivity contribution in [2.45, 2.75) is 39.2 Å². The summed E-state index contributed by atoms with van der Waals surface area (Å²) >= 11 is 5.87. The second-order valence-electron chi connectivity index (χ2n) is 7.63. The molecule has 1 fully saturated rings. The molecule has 1 aromatic rings. The number of hydrogen-bond acceptors (Lipinski definition) is 5. The first kappa shape index (κ1) is 23.0. The lowest BCUT2D eigenvalue weighted by atomic mass is 9.97. The molecule has 1 aliphatic rings. The largest absolute Gasteiger partial charge is 0.478 e. The molecule has 1 saturated heterocycles. The van der Waals surface area contributed by atoms with Gasteiger partial charge in [0.05, 0.1) is 19.1 Å². The summed E-state index contributed by atoms with van der Waals surface area (Å²) in [4.78, 5) is 40.3. The van der Waals surface area contributed by atoms with Crippen molar-refractivity contribution in [2.24, 2.45) is 5.92 Å². The zero-order valence-corrected chi connectivity index (χ0v) is 18.2. The van der Waals surface area contributed by atoms with Crippen LogP contribution in [0.3, 0.4) is 0 Å². The van der Waals surface area contributed by atoms with Crippen LogP contribution in [0.1, 0.15) is 33.6 Å². The van der Waals surface area contributed by atoms with Crippen molar-refractivity contribution in [1.29, 1.82) is 0 Å². The molecule has 0 N–H and O–H groups in total. The average Bonchev–Trinajstić information content (AvgIpc) is 2.69. The van der Waals surface area contributed by atoms with E-state index in [9.17, 15) is 14.4 Å². The van der Waals surface area contributed by atoms with Gasteiger partial charge in [0.15, 0.2) is 5.60 Å². The number of likely N-dealkylation sites (N-methyl/N-ethyl adjacent to an activating group) is 1. The number of esters is 1. The van der Waals surface area contributed by atoms with Gasteiger partial charge in [-0.25, -0.2) is 0 Å². The maximum Gasteiger partial charge on any atom is 0.309 e. The van der Waals surface area contributed by atoms with Gasteiger partial charge in [0.1, 0.15) is 5.75 Å². The number of piperidine rings is 1. The average molecular weight is 425 g/mol. The van der Waals surface area contributed by atoms with Crippen LogP contribution in [0.2, 0.25) is 5.02 Å². The summed E-state index contributed by atoms with van der Waals surface area (Å²) in [6.07, 6.45) is 1.15. The number of halogens is 1. The molecule has 8 heteroatoms. The zero-order valence-electron chi connectivity index (χ0n) is 17.4. The van der Waals surface area contributed by atoms with Crippen molar-refractivity contribution >= 4 is 29.4 Å². The molecular formula is C21H29ClN2O5. The van der Waals surface area contributed by atoms with Gasteiger partial charge in [-0.15, -0.1) is 0 Å². The van der Waals surface area contributed by atoms with Gasteiger partial charge in [-0.3, -0.25) is 14.4 Å². The Balaban J connectivity index is 1.87. The Hall–Kier alpha value is -2.28. The highest BCUT2D eigenvalue weighted by Gasteiger charge is 2.35. The van der Waals surface area contributed by atoms with Gasteiger partial charge in [-0.05, 0) is 57.9 Å². The lowest BCUT2D eigenvalue weighted by molar-refractivity contribution is -0.152. The minimum absolute atomic E-state index is 0.0453. The van der Waals surface area contributed by atoms with E-state index in [2.05, 4.69) is 0 Å². The first-order valence-corrected chi connectivity index (χ1v) is 10.2. The fourth-order valence-corrected chi connectivity index (χ4v) is 3.43. The highest BCUT2D eigenvalue weighted by atomic mass is 35.5. The number of carbonyl (C=O) groups excluding carboxylic acids is 3. The van der Waals surface area contributed by atoms with E-state index in [4.69, 9.17) is 21.1 Å². The number of rotatable bonds is 7. The number of carbonyl (C=O) groups is 3. The molecule has 0 aliphatic carbocycles. The second-order valence-corrected chi connectivity index (χ2v) is 8.07. The van der Waals surface area contributed by atoms with E-state index >= 15 is 0 Å². The summed E-state index contributed by atoms with van der Waals surface area (Å²) in [5.74, 6) is -0.292. The smallest absolute Gasteiger partial charge is 0.309 e. The van der Waals surface area contributed by atoms with Gasteiger partial charge in [0.25, 0.3) is 5.91 Å². The van der Waals surface area contributed by atoms with Crippen molar-refractivity contribution in [3.8, 4) is 5.75 Å². The molecule has 1 aliphatic heterocycles. The lowest BCUT2D eigenvalue weighted by Gasteiger charge is -2.34. The van der Waals surface area contributed by atoms with Crippen molar-refractivity contribution in [3.05, 3.63) is 29.3 Å². The van der Waals surface area contributed by atoms with E-state index in [0.29, 0.717) is 43.3 Å². The molecule has 29 heavy (non-hydrogen) atoms. The summed E-state index contributed by atoms with van der Waals surface area (Å²) in [5, 5.41) is 0.580. The molecule has 1 aromatic carbocycles. The second kappa shape index (κ2) is 9.96. The van der Waals surface area contributed by atoms with Gasteiger partial charge >= 0.3 is 5.97 Å². The normalized spacial score (nSPS) is 15.0. The first-order valence-electron chi connectivity index (χ1n) is 9.78. The third kappa shape index (κ3) is 6.35. The molecule has 160 valence electrons. The van der Waals surface area contributed by atoms with Crippen molar-refractivity contribution in [3.63, 3.8) is 0 Å². The molecule has 2 rings (SSSR count). The molecule has 0 atom stereocenters. The van der Waals surface area contributed by atoms with E-state index in [1.54, 1.807) is 57.0 Å². The molecular weight excluding hydrogens is 396 g/mol. The summed E-state index contributed by atoms with van der Waals surface area (Å²) in [7, 11) is 1.58. The van der Waals surface area contributed by atoms with Crippen molar-refractivity contribution < 1.29 is 23.9 Å². The highest BCUT2D eigenvalue weighted by Crippen LogP contribution is 2.23. The van der Waals surface area contributed by atoms with Gasteiger partial charge < -0.3 is 19.3 Å². The van der Waals surface area contributed by atoms with E-state index < -0.39 is 5.60 Å². The maximum atomic E-state index is 12.8. The van der Waals surface area contributed by atoms with E-state index in [1.165, 1.54) is 4.90 Å². The Morgan fingerprint density at radius 3 is 2.31 bits per heavy atom. The van der Waals surface area contributed by atoms with Gasteiger partial charge in [0.2, 0.25) is 5.91 Å². The van der Waals surface area contributed by atoms with Crippen molar-refractivity contribution in [1.82, 2.24) is 9.80 Å². The van der Waals surface area contributed by atoms with Crippen LogP contribution in [0.5, 0.6) is 5.75 Å². The molecule has 0 radical (unpaired) electrons. The minimum Gasteiger partial charge on any atom is -0.478 e. The fraction of sp³-hybridized carbons (Fsp3) is 0.571. The van der Waals surface area contributed by atoms with Gasteiger partial charge in [-0.1, -0.05) is 11.6 Å². The molecule has 7 nitrogen and oxygen atoms in total. The summed E-state index contributed by atoms with van der Waals surface area (Å²) in [5.41, 5.74) is -1.14. The van der Waals surface area contributed by atoms with E-state index in [0.717, 1.165) is 0 Å². The molecule has 0 unspecified atom stereocenters. The monoisotopic (exact) mass is 424 g/mol. The van der Waals surface area contributed by atoms with Crippen LogP contribution in [0.25, 0.3) is 0 Å². The lowest BCUT2D eigenvalue weighted by Crippen LogP contribution is -2.51. The Morgan fingerprint density at radius 1 is 1.17 bits per heavy atom. The van der Waals surface area contributed by atoms with E-state index in [-0.39, 0.29) is 30.2 Å². The number of hydrogen-bond donors (Lipinski definition) is 0. The molecule has 0 bridgehead atoms. The van der Waals surface area contributed by atoms with E-state index in [1.807, 2.05) is 0 Å². The minimum atomic E-state index is -1.14. The van der Waals surface area contributed by atoms with Gasteiger partial charge in [0, 0.05) is 25.2 Å². The number of ether oxygens (including phenoxy) is 2. The zero-order chi connectivity index (χ0) is 21.6. The van der Waals surface area contributed by atoms with Crippen LogP contribution in [-0.2, 0) is 19.1 Å². The predicted octanol–water partition coefficient (Wildman–Crippen LogP) is 2.76. The Bertz CT molecular complexity index is 727. The third-order valence-corrected chi connectivity index (χ3v) is 5.14. The van der Waals surface area contributed by atoms with Gasteiger partial charge in [-0.2, -0.15) is 0 Å². The maximum absolute atomic E-state index is 12.8. The number of amides is 2. The highest BCUT2D eigenvalue weighted by molar-refractivity contribution is 6.30. The van der Waals surface area contributed by atoms with Crippen LogP contribution in [0, 0.1) is 5.92 Å². The molecule has 2 amide bonds. The number of likely N-dealkylation sites (tertiary alicyclic amines) is 1. The third-order valence-electron chi connectivity index (χ3n) is 4.89. The Kier molecular flexibility index (Phi) is 7.90. The standard InChI is InChI=1S/C21H29ClN2O5/c1-5-28-19(26)15-10-12-24(13-11-15)18(25)14-23(4)20(27)21(2,3)29-17-8-6-16(22)7-9-17/h6-9,15H,5,10-14H2,1-4H3. The van der Waals surface area contributed by atoms with Crippen LogP contribution < -0.4 is 4.74 Å². The quantitative estimate of drug-likeness (QED) is 0.629. The fourth-order valence-electron chi connectivity index (χ4n) is 3.30. The molecule has 0 saturated carbocycles. The van der Waals surface area contributed by atoms with Crippen LogP contribution in [0.4, 0.5) is 0 Å². The Morgan fingerprint density at radius 2 is 1.76 bits per heavy atom. The Labute approximate surface area is 176 Å².